The lowest BCUT2D eigenvalue weighted by atomic mass is 9.70. The zero-order chi connectivity index (χ0) is 49.4. The smallest absolute Gasteiger partial charge is 0.264 e. The molecule has 1 unspecified atom stereocenters. The van der Waals surface area contributed by atoms with Gasteiger partial charge in [-0.25, -0.2) is 0 Å². The molecule has 70 heavy (non-hydrogen) atoms. The molecule has 0 spiro atoms. The van der Waals surface area contributed by atoms with Gasteiger partial charge in [-0.3, -0.25) is 39.0 Å². The average molecular weight is 960 g/mol. The van der Waals surface area contributed by atoms with E-state index in [1.807, 2.05) is 12.1 Å². The SMILES string of the molecule is CCc1cc2c(cc1N1CCC(NC(=O)CCOCCOCCOCCOCCOCCNc3cccc4c3C(=O)N(C3CCC(=O)NC3=O)C4=O)CC1)C(C)(C)c1[nH]c3cc(C#N)ccc3c1C2=O. The summed E-state index contributed by atoms with van der Waals surface area (Å²) in [5, 5.41) is 18.8. The van der Waals surface area contributed by atoms with Gasteiger partial charge >= 0.3 is 0 Å². The van der Waals surface area contributed by atoms with Gasteiger partial charge in [0.2, 0.25) is 17.7 Å². The van der Waals surface area contributed by atoms with Crippen molar-refractivity contribution in [2.24, 2.45) is 0 Å². The van der Waals surface area contributed by atoms with E-state index in [1.54, 1.807) is 24.3 Å². The van der Waals surface area contributed by atoms with E-state index in [2.05, 4.69) is 64.8 Å². The molecule has 4 heterocycles. The molecular weight excluding hydrogens is 899 g/mol. The molecule has 0 saturated carbocycles. The van der Waals surface area contributed by atoms with Crippen LogP contribution in [0.25, 0.3) is 10.9 Å². The quantitative estimate of drug-likeness (QED) is 0.0591. The Bertz CT molecular complexity index is 2680. The minimum atomic E-state index is -1.02. The second-order valence-electron chi connectivity index (χ2n) is 18.3. The van der Waals surface area contributed by atoms with Gasteiger partial charge in [0, 0.05) is 77.5 Å². The number of carbonyl (C=O) groups excluding carboxylic acids is 6. The number of nitrogens with one attached hydrogen (secondary N) is 4. The molecule has 1 aromatic heterocycles. The van der Waals surface area contributed by atoms with Crippen molar-refractivity contribution in [2.45, 2.75) is 76.8 Å². The fourth-order valence-electron chi connectivity index (χ4n) is 9.79. The third kappa shape index (κ3) is 10.8. The van der Waals surface area contributed by atoms with E-state index in [0.717, 1.165) is 76.2 Å². The van der Waals surface area contributed by atoms with E-state index in [1.165, 1.54) is 0 Å². The molecule has 4 N–H and O–H groups in total. The van der Waals surface area contributed by atoms with Crippen LogP contribution in [0.2, 0.25) is 0 Å². The van der Waals surface area contributed by atoms with Gasteiger partial charge in [-0.15, -0.1) is 0 Å². The fourth-order valence-corrected chi connectivity index (χ4v) is 9.79. The van der Waals surface area contributed by atoms with Gasteiger partial charge in [0.25, 0.3) is 11.8 Å². The van der Waals surface area contributed by atoms with Crippen LogP contribution in [0.4, 0.5) is 11.4 Å². The molecule has 0 radical (unpaired) electrons. The number of nitrogens with zero attached hydrogens (tertiary/aromatic N) is 3. The Morgan fingerprint density at radius 1 is 0.800 bits per heavy atom. The number of aromatic amines is 1. The van der Waals surface area contributed by atoms with Crippen LogP contribution in [-0.4, -0.2) is 143 Å². The average Bonchev–Trinajstić information content (AvgIpc) is 3.87. The van der Waals surface area contributed by atoms with Gasteiger partial charge in [-0.1, -0.05) is 32.9 Å². The predicted molar refractivity (Wildman–Crippen MR) is 258 cm³/mol. The number of rotatable bonds is 23. The van der Waals surface area contributed by atoms with Gasteiger partial charge in [0.1, 0.15) is 6.04 Å². The summed E-state index contributed by atoms with van der Waals surface area (Å²) in [5.41, 5.74) is 7.31. The van der Waals surface area contributed by atoms with Gasteiger partial charge < -0.3 is 44.2 Å². The third-order valence-electron chi connectivity index (χ3n) is 13.5. The summed E-state index contributed by atoms with van der Waals surface area (Å²) in [4.78, 5) is 83.8. The normalized spacial score (nSPS) is 17.6. The maximum absolute atomic E-state index is 14.1. The number of hydrogen-bond donors (Lipinski definition) is 4. The summed E-state index contributed by atoms with van der Waals surface area (Å²) in [7, 11) is 0. The van der Waals surface area contributed by atoms with Crippen LogP contribution in [-0.2, 0) is 49.9 Å². The van der Waals surface area contributed by atoms with Crippen molar-refractivity contribution in [3.63, 3.8) is 0 Å². The highest BCUT2D eigenvalue weighted by Crippen LogP contribution is 2.46. The van der Waals surface area contributed by atoms with Crippen LogP contribution in [0.5, 0.6) is 0 Å². The molecule has 18 nitrogen and oxygen atoms in total. The third-order valence-corrected chi connectivity index (χ3v) is 13.5. The molecule has 8 rings (SSSR count). The first-order chi connectivity index (χ1) is 33.9. The van der Waals surface area contributed by atoms with E-state index >= 15 is 0 Å². The number of piperidine rings is 2. The molecule has 4 aliphatic rings. The first-order valence-corrected chi connectivity index (χ1v) is 24.2. The standard InChI is InChI=1S/C52H61N7O11/c1-4-33-29-37-38(52(2,3)48-46(47(37)62)35-9-8-32(31-53)28-40(35)56-48)30-42(33)58-16-12-34(13-17-58)55-44(61)14-18-66-20-22-68-24-26-70-27-25-69-23-21-67-19-15-54-39-7-5-6-36-45(39)51(65)59(50(36)64)41-10-11-43(60)57-49(41)63/h5-9,28-30,34,41,54,56H,4,10-27H2,1-3H3,(H,55,61)(H,57,60,63). The second-order valence-corrected chi connectivity index (χ2v) is 18.3. The molecule has 370 valence electrons. The molecule has 1 atom stereocenters. The highest BCUT2D eigenvalue weighted by Gasteiger charge is 2.46. The number of nitriles is 1. The van der Waals surface area contributed by atoms with Crippen molar-refractivity contribution < 1.29 is 52.5 Å². The molecule has 5 amide bonds. The van der Waals surface area contributed by atoms with Crippen LogP contribution >= 0.6 is 0 Å². The number of carbonyl (C=O) groups is 6. The van der Waals surface area contributed by atoms with E-state index < -0.39 is 35.1 Å². The number of aromatic nitrogens is 1. The van der Waals surface area contributed by atoms with E-state index in [9.17, 15) is 34.0 Å². The van der Waals surface area contributed by atoms with Crippen molar-refractivity contribution >= 4 is 57.6 Å². The number of amides is 5. The Morgan fingerprint density at radius 2 is 1.47 bits per heavy atom. The van der Waals surface area contributed by atoms with Gasteiger partial charge in [0.15, 0.2) is 5.78 Å². The monoisotopic (exact) mass is 959 g/mol. The van der Waals surface area contributed by atoms with Crippen molar-refractivity contribution in [3.05, 3.63) is 93.2 Å². The molecule has 1 aliphatic carbocycles. The molecule has 2 fully saturated rings. The van der Waals surface area contributed by atoms with E-state index in [-0.39, 0.29) is 48.1 Å². The first-order valence-electron chi connectivity index (χ1n) is 24.2. The number of fused-ring (bicyclic) bond motifs is 5. The van der Waals surface area contributed by atoms with Crippen LogP contribution in [0, 0.1) is 11.3 Å². The van der Waals surface area contributed by atoms with Crippen LogP contribution < -0.4 is 20.9 Å². The van der Waals surface area contributed by atoms with Gasteiger partial charge in [-0.05, 0) is 73.2 Å². The van der Waals surface area contributed by atoms with E-state index in [0.29, 0.717) is 89.4 Å². The topological polar surface area (TPSA) is 231 Å². The molecule has 18 heteroatoms. The summed E-state index contributed by atoms with van der Waals surface area (Å²) >= 11 is 0. The highest BCUT2D eigenvalue weighted by atomic mass is 16.6. The van der Waals surface area contributed by atoms with Crippen molar-refractivity contribution in [1.82, 2.24) is 20.5 Å². The Labute approximate surface area is 406 Å². The zero-order valence-corrected chi connectivity index (χ0v) is 40.0. The molecule has 0 bridgehead atoms. The lowest BCUT2D eigenvalue weighted by Gasteiger charge is -2.38. The zero-order valence-electron chi connectivity index (χ0n) is 40.0. The summed E-state index contributed by atoms with van der Waals surface area (Å²) < 4.78 is 28.0. The molecule has 3 aromatic carbocycles. The molecule has 3 aliphatic heterocycles. The van der Waals surface area contributed by atoms with Crippen LogP contribution in [0.1, 0.15) is 112 Å². The number of benzene rings is 3. The van der Waals surface area contributed by atoms with Crippen LogP contribution in [0.15, 0.2) is 48.5 Å². The summed E-state index contributed by atoms with van der Waals surface area (Å²) in [6.45, 7) is 12.0. The number of aryl methyl sites for hydroxylation is 1. The van der Waals surface area contributed by atoms with Gasteiger partial charge in [-0.2, -0.15) is 5.26 Å². The number of hydrogen-bond acceptors (Lipinski definition) is 14. The van der Waals surface area contributed by atoms with Crippen molar-refractivity contribution in [1.29, 1.82) is 5.26 Å². The summed E-state index contributed by atoms with van der Waals surface area (Å²) in [6.07, 6.45) is 2.82. The van der Waals surface area contributed by atoms with E-state index in [4.69, 9.17) is 23.7 Å². The van der Waals surface area contributed by atoms with Gasteiger partial charge in [0.05, 0.1) is 94.4 Å². The minimum Gasteiger partial charge on any atom is -0.382 e. The number of ether oxygens (including phenoxy) is 5. The molecule has 2 saturated heterocycles. The lowest BCUT2D eigenvalue weighted by molar-refractivity contribution is -0.136. The summed E-state index contributed by atoms with van der Waals surface area (Å²) in [5.74, 6) is -2.23. The summed E-state index contributed by atoms with van der Waals surface area (Å²) in [6, 6.07) is 15.9. The predicted octanol–water partition coefficient (Wildman–Crippen LogP) is 4.54. The van der Waals surface area contributed by atoms with Crippen molar-refractivity contribution in [2.75, 3.05) is 95.9 Å². The highest BCUT2D eigenvalue weighted by molar-refractivity contribution is 6.25. The number of H-pyrrole nitrogens is 1. The lowest BCUT2D eigenvalue weighted by Crippen LogP contribution is -2.54. The molecule has 4 aromatic rings. The number of anilines is 2. The Kier molecular flexibility index (Phi) is 16.0. The minimum absolute atomic E-state index is 0.00953. The Hall–Kier alpha value is -6.49. The molecular formula is C52H61N7O11. The second kappa shape index (κ2) is 22.5. The fraction of sp³-hybridized carbons (Fsp3) is 0.481. The largest absolute Gasteiger partial charge is 0.382 e. The number of ketones is 1. The number of imide groups is 2. The maximum atomic E-state index is 14.1. The van der Waals surface area contributed by atoms with Crippen molar-refractivity contribution in [3.8, 4) is 6.07 Å². The Balaban J connectivity index is 0.636. The first kappa shape index (κ1) is 49.9. The maximum Gasteiger partial charge on any atom is 0.264 e. The Morgan fingerprint density at radius 3 is 2.13 bits per heavy atom. The van der Waals surface area contributed by atoms with Crippen LogP contribution in [0.3, 0.4) is 0 Å².